The predicted molar refractivity (Wildman–Crippen MR) is 493 cm³/mol. The largest absolute Gasteiger partial charge is 0.472 e. The minimum absolute atomic E-state index is 0.104. The number of phosphoric ester groups is 1. The fourth-order valence-electron chi connectivity index (χ4n) is 17.3. The molecule has 0 aromatic carbocycles. The van der Waals surface area contributed by atoms with Gasteiger partial charge in [-0.05, 0) is 120 Å². The summed E-state index contributed by atoms with van der Waals surface area (Å²) in [6, 6.07) is 0. The summed E-state index contributed by atoms with van der Waals surface area (Å²) >= 11 is 0. The van der Waals surface area contributed by atoms with E-state index in [1.165, 1.54) is 173 Å². The van der Waals surface area contributed by atoms with Gasteiger partial charge in [0.2, 0.25) is 0 Å². The van der Waals surface area contributed by atoms with Gasteiger partial charge in [-0.1, -0.05) is 370 Å². The zero-order valence-electron chi connectivity index (χ0n) is 81.2. The molecule has 21 nitrogen and oxygen atoms in total. The summed E-state index contributed by atoms with van der Waals surface area (Å²) in [7, 11) is -10.1. The second kappa shape index (κ2) is 68.5. The Morgan fingerprint density at radius 2 is 0.570 bits per heavy atom. The number of rotatable bonds is 80. The van der Waals surface area contributed by atoms with E-state index in [-0.39, 0.29) is 26.4 Å². The number of aliphatic hydroxyl groups excluding tert-OH is 5. The van der Waals surface area contributed by atoms with Crippen molar-refractivity contribution in [3.05, 3.63) is 0 Å². The van der Waals surface area contributed by atoms with E-state index in [0.717, 1.165) is 131 Å². The Morgan fingerprint density at radius 1 is 0.306 bits per heavy atom. The molecule has 0 saturated carbocycles. The highest BCUT2D eigenvalue weighted by Crippen LogP contribution is 2.45. The fourth-order valence-corrected chi connectivity index (χ4v) is 18.4. The maximum Gasteiger partial charge on any atom is 0.472 e. The van der Waals surface area contributed by atoms with E-state index in [0.29, 0.717) is 73.8 Å². The van der Waals surface area contributed by atoms with E-state index in [9.17, 15) is 48.0 Å². The summed E-state index contributed by atoms with van der Waals surface area (Å²) < 4.78 is 113. The van der Waals surface area contributed by atoms with E-state index in [1.54, 1.807) is 0 Å². The second-order valence-corrected chi connectivity index (χ2v) is 44.1. The van der Waals surface area contributed by atoms with Crippen LogP contribution in [0.25, 0.3) is 0 Å². The summed E-state index contributed by atoms with van der Waals surface area (Å²) in [4.78, 5) is 11.5. The molecule has 7 N–H and O–H groups in total. The Hall–Kier alpha value is -0.540. The van der Waals surface area contributed by atoms with E-state index in [4.69, 9.17) is 46.9 Å². The molecule has 2 rings (SSSR count). The first-order valence-electron chi connectivity index (χ1n) is 49.8. The van der Waals surface area contributed by atoms with Crippen molar-refractivity contribution in [1.29, 1.82) is 0 Å². The van der Waals surface area contributed by atoms with Gasteiger partial charge in [-0.15, -0.1) is 0 Å². The van der Waals surface area contributed by atoms with Gasteiger partial charge in [-0.3, -0.25) is 13.6 Å². The van der Waals surface area contributed by atoms with Crippen LogP contribution in [0.4, 0.5) is 0 Å². The lowest BCUT2D eigenvalue weighted by molar-refractivity contribution is -0.368. The quantitative estimate of drug-likeness (QED) is 0.0169. The SMILES string of the molecule is CC(C)CCC[C@@H](C)CCC[C@@H](C)CCC[C@@H](C)CCOC[C@@H](CO[C@H]1O[C@H](COP(=O)(O)OC[C@H](COCC[C@H](C)CCC[C@H](C)CCC[C@H](C)CCCC(C)C)OCC[C@H](C)CCC[C@H](C)CCC[C@H](C)CCCC(C)C)[C@@H](O)C(O)C1O[C@H]1O[C@H](COS(=O)(=O)O)[C@@H](O)C(O)C1O)OCC[C@H](C)CCC[C@H](C)CCC[C@H](C)CCCC(C)C. The highest BCUT2D eigenvalue weighted by atomic mass is 32.3. The van der Waals surface area contributed by atoms with Crippen LogP contribution in [-0.4, -0.2) is 183 Å². The van der Waals surface area contributed by atoms with Crippen molar-refractivity contribution in [1.82, 2.24) is 0 Å². The summed E-state index contributed by atoms with van der Waals surface area (Å²) in [5, 5.41) is 57.2. The summed E-state index contributed by atoms with van der Waals surface area (Å²) in [5.74, 6) is 10.4. The fraction of sp³-hybridized carbons (Fsp3) is 1.00. The molecule has 0 bridgehead atoms. The van der Waals surface area contributed by atoms with Gasteiger partial charge < -0.3 is 68.3 Å². The van der Waals surface area contributed by atoms with Gasteiger partial charge in [0.15, 0.2) is 12.6 Å². The average molecular weight is 1770 g/mol. The maximum atomic E-state index is 14.1. The first-order valence-corrected chi connectivity index (χ1v) is 52.7. The van der Waals surface area contributed by atoms with Gasteiger partial charge in [0.1, 0.15) is 61.0 Å². The third-order valence-corrected chi connectivity index (χ3v) is 27.8. The second-order valence-electron chi connectivity index (χ2n) is 41.5. The van der Waals surface area contributed by atoms with Gasteiger partial charge in [-0.25, -0.2) is 8.75 Å². The molecular weight excluding hydrogens is 1580 g/mol. The standard InChI is InChI=1S/C98H195O21PS/c1-71(2)33-21-37-75(9)41-25-45-79(13)49-29-53-83(17)57-61-109-65-87(111-63-59-85(19)55-31-51-81(15)47-27-43-77(11)39-23-35-73(5)6)67-113-98-96(119-97-95(103)93(101)91(99)90(117-97)70-116-121(106,107)108)94(102)92(100)89(118-98)69-115-120(104,105)114-68-88(112-64-60-86(20)56-32-52-82(16)48-28-44-78(12)40-24-36-74(7)8)66-110-62-58-84(18)54-30-50-80(14)46-26-42-76(10)38-22-34-72(3)4/h71-103H,21-70H2,1-20H3,(H,104,105)(H,106,107,108)/t75-,76-,77-,78-,79-,80-,81-,82-,83-,84-,85-,86-,87+,88+,89-,90-,91-,92-,93?,94?,95?,96?,97-,98+/m1/s1. The van der Waals surface area contributed by atoms with Crippen LogP contribution < -0.4 is 0 Å². The van der Waals surface area contributed by atoms with Crippen molar-refractivity contribution < 1.29 is 99.1 Å². The van der Waals surface area contributed by atoms with E-state index in [2.05, 4.69) is 143 Å². The van der Waals surface area contributed by atoms with E-state index < -0.39 is 105 Å². The minimum atomic E-state index is -5.07. The molecule has 121 heavy (non-hydrogen) atoms. The number of hydrogen-bond donors (Lipinski definition) is 7. The lowest BCUT2D eigenvalue weighted by atomic mass is 9.91. The average Bonchev–Trinajstić information content (AvgIpc) is 0.783. The number of phosphoric acid groups is 1. The molecule has 2 aliphatic heterocycles. The molecular formula is C98H195O21PS. The van der Waals surface area contributed by atoms with Crippen molar-refractivity contribution in [2.75, 3.05) is 66.1 Å². The summed E-state index contributed by atoms with van der Waals surface area (Å²) in [6.45, 7) is 46.0. The third kappa shape index (κ3) is 60.9. The molecule has 0 aromatic heterocycles. The van der Waals surface area contributed by atoms with Crippen molar-refractivity contribution in [3.63, 3.8) is 0 Å². The summed E-state index contributed by atoms with van der Waals surface area (Å²) in [5.41, 5.74) is 0. The van der Waals surface area contributed by atoms with Crippen molar-refractivity contribution in [2.45, 2.75) is 469 Å². The summed E-state index contributed by atoms with van der Waals surface area (Å²) in [6.07, 6.45) is 27.6. The van der Waals surface area contributed by atoms with Crippen LogP contribution in [0.3, 0.4) is 0 Å². The highest BCUT2D eigenvalue weighted by Gasteiger charge is 2.52. The van der Waals surface area contributed by atoms with Crippen LogP contribution in [0.15, 0.2) is 0 Å². The zero-order chi connectivity index (χ0) is 90.3. The smallest absolute Gasteiger partial charge is 0.387 e. The minimum Gasteiger partial charge on any atom is -0.387 e. The molecule has 5 unspecified atom stereocenters. The topological polar surface area (TPSA) is 294 Å². The van der Waals surface area contributed by atoms with Crippen molar-refractivity contribution in [2.24, 2.45) is 94.7 Å². The zero-order valence-corrected chi connectivity index (χ0v) is 82.9. The Kier molecular flexibility index (Phi) is 65.9. The Bertz CT molecular complexity index is 2580. The lowest BCUT2D eigenvalue weighted by Gasteiger charge is -2.46. The van der Waals surface area contributed by atoms with Crippen LogP contribution in [0, 0.1) is 94.7 Å². The Balaban J connectivity index is 2.35. The monoisotopic (exact) mass is 1770 g/mol. The molecule has 23 heteroatoms. The molecule has 25 atom stereocenters. The molecule has 0 radical (unpaired) electrons. The Morgan fingerprint density at radius 3 is 0.876 bits per heavy atom. The molecule has 2 fully saturated rings. The van der Waals surface area contributed by atoms with Crippen LogP contribution in [0.5, 0.6) is 0 Å². The molecule has 0 aromatic rings. The van der Waals surface area contributed by atoms with Crippen LogP contribution in [0.2, 0.25) is 0 Å². The predicted octanol–water partition coefficient (Wildman–Crippen LogP) is 23.3. The Labute approximate surface area is 743 Å². The molecule has 0 aliphatic carbocycles. The van der Waals surface area contributed by atoms with Gasteiger partial charge in [0.05, 0.1) is 39.6 Å². The van der Waals surface area contributed by atoms with Crippen LogP contribution in [-0.2, 0) is 66.1 Å². The van der Waals surface area contributed by atoms with Crippen LogP contribution >= 0.6 is 7.82 Å². The number of ether oxygens (including phenoxy) is 8. The van der Waals surface area contributed by atoms with Crippen LogP contribution in [0.1, 0.15) is 395 Å². The third-order valence-electron chi connectivity index (χ3n) is 26.4. The molecule has 2 heterocycles. The number of hydrogen-bond acceptors (Lipinski definition) is 19. The highest BCUT2D eigenvalue weighted by molar-refractivity contribution is 7.80. The first kappa shape index (κ1) is 117. The molecule has 724 valence electrons. The van der Waals surface area contributed by atoms with Crippen molar-refractivity contribution in [3.8, 4) is 0 Å². The van der Waals surface area contributed by atoms with E-state index >= 15 is 0 Å². The molecule has 0 amide bonds. The van der Waals surface area contributed by atoms with Gasteiger partial charge in [0, 0.05) is 26.4 Å². The van der Waals surface area contributed by atoms with E-state index in [1.807, 2.05) is 0 Å². The van der Waals surface area contributed by atoms with Gasteiger partial charge >= 0.3 is 18.2 Å². The van der Waals surface area contributed by atoms with Gasteiger partial charge in [-0.2, -0.15) is 8.42 Å². The molecule has 2 saturated heterocycles. The first-order chi connectivity index (χ1) is 57.2. The van der Waals surface area contributed by atoms with Gasteiger partial charge in [0.25, 0.3) is 0 Å². The normalized spacial score (nSPS) is 24.2. The lowest BCUT2D eigenvalue weighted by Crippen LogP contribution is -2.65. The van der Waals surface area contributed by atoms with Crippen molar-refractivity contribution >= 4 is 18.2 Å². The molecule has 2 aliphatic rings. The maximum absolute atomic E-state index is 14.1. The molecule has 0 spiro atoms. The number of aliphatic hydroxyl groups is 5.